The van der Waals surface area contributed by atoms with Gasteiger partial charge in [0, 0.05) is 29.6 Å². The number of thioether (sulfide) groups is 1. The van der Waals surface area contributed by atoms with Crippen molar-refractivity contribution in [3.05, 3.63) is 34.1 Å². The Labute approximate surface area is 200 Å². The van der Waals surface area contributed by atoms with E-state index in [9.17, 15) is 23.6 Å². The van der Waals surface area contributed by atoms with Gasteiger partial charge in [-0.3, -0.25) is 14.4 Å². The predicted octanol–water partition coefficient (Wildman–Crippen LogP) is 4.03. The van der Waals surface area contributed by atoms with Crippen LogP contribution in [0, 0.1) is 5.82 Å². The lowest BCUT2D eigenvalue weighted by Gasteiger charge is -2.26. The number of anilines is 1. The molecule has 0 aliphatic heterocycles. The molecule has 1 aliphatic rings. The number of nitrogens with zero attached hydrogens (tertiary/aromatic N) is 1. The fraction of sp³-hybridized carbons (Fsp3) is 0.455. The summed E-state index contributed by atoms with van der Waals surface area (Å²) in [6, 6.07) is 2.21. The molecule has 0 aromatic heterocycles. The van der Waals surface area contributed by atoms with Crippen LogP contribution in [0.15, 0.2) is 28.2 Å². The molecule has 0 N–H and O–H groups in total. The van der Waals surface area contributed by atoms with Crippen molar-refractivity contribution in [2.75, 3.05) is 31.7 Å². The van der Waals surface area contributed by atoms with Crippen LogP contribution in [-0.2, 0) is 33.4 Å². The molecule has 180 valence electrons. The van der Waals surface area contributed by atoms with Crippen LogP contribution in [0.5, 0.6) is 0 Å². The maximum atomic E-state index is 14.9. The lowest BCUT2D eigenvalue weighted by molar-refractivity contribution is -0.150. The van der Waals surface area contributed by atoms with Gasteiger partial charge >= 0.3 is 11.9 Å². The van der Waals surface area contributed by atoms with E-state index in [0.29, 0.717) is 19.3 Å². The van der Waals surface area contributed by atoms with E-state index in [2.05, 4.69) is 4.74 Å². The fourth-order valence-electron chi connectivity index (χ4n) is 3.21. The molecule has 0 fully saturated rings. The summed E-state index contributed by atoms with van der Waals surface area (Å²) in [5, 5.41) is 0.0159. The first-order chi connectivity index (χ1) is 15.7. The highest BCUT2D eigenvalue weighted by molar-refractivity contribution is 8.00. The van der Waals surface area contributed by atoms with Crippen LogP contribution in [-0.4, -0.2) is 50.5 Å². The zero-order valence-corrected chi connectivity index (χ0v) is 20.1. The number of hydrogen-bond donors (Lipinski definition) is 0. The van der Waals surface area contributed by atoms with Crippen molar-refractivity contribution in [2.24, 2.45) is 0 Å². The topological polar surface area (TPSA) is 99.2 Å². The monoisotopic (exact) mass is 501 g/mol. The summed E-state index contributed by atoms with van der Waals surface area (Å²) in [6.45, 7) is 1.25. The van der Waals surface area contributed by atoms with Gasteiger partial charge in [0.2, 0.25) is 5.91 Å². The number of esters is 2. The number of imide groups is 1. The summed E-state index contributed by atoms with van der Waals surface area (Å²) in [5.41, 5.74) is -0.0690. The molecule has 1 aromatic rings. The van der Waals surface area contributed by atoms with Gasteiger partial charge in [0.15, 0.2) is 6.79 Å². The number of carbonyl (C=O) groups excluding carboxylic acids is 4. The van der Waals surface area contributed by atoms with Crippen molar-refractivity contribution in [1.29, 1.82) is 0 Å². The number of halogens is 2. The maximum absolute atomic E-state index is 14.9. The first-order valence-corrected chi connectivity index (χ1v) is 11.5. The lowest BCUT2D eigenvalue weighted by Crippen LogP contribution is -2.39. The molecule has 8 nitrogen and oxygen atoms in total. The van der Waals surface area contributed by atoms with Gasteiger partial charge in [-0.2, -0.15) is 0 Å². The largest absolute Gasteiger partial charge is 0.468 e. The minimum atomic E-state index is -0.891. The van der Waals surface area contributed by atoms with E-state index < -0.39 is 29.6 Å². The minimum absolute atomic E-state index is 0.0159. The SMILES string of the molecule is CCC(=O)N(C(=O)C1=C(C(=O)OCOC)CCCC1)c1cc(SCC(=O)OC)c(Cl)cc1F. The highest BCUT2D eigenvalue weighted by Gasteiger charge is 2.33. The van der Waals surface area contributed by atoms with Crippen molar-refractivity contribution < 1.29 is 37.8 Å². The fourth-order valence-corrected chi connectivity index (χ4v) is 4.31. The summed E-state index contributed by atoms with van der Waals surface area (Å²) < 4.78 is 29.3. The Hall–Kier alpha value is -2.43. The molecule has 0 heterocycles. The number of benzene rings is 1. The van der Waals surface area contributed by atoms with Crippen LogP contribution in [0.1, 0.15) is 39.0 Å². The third kappa shape index (κ3) is 6.78. The van der Waals surface area contributed by atoms with Crippen molar-refractivity contribution in [2.45, 2.75) is 43.9 Å². The Kier molecular flexibility index (Phi) is 10.3. The Morgan fingerprint density at radius 1 is 1.12 bits per heavy atom. The number of carbonyl (C=O) groups is 4. The van der Waals surface area contributed by atoms with Gasteiger partial charge in [0.25, 0.3) is 5.91 Å². The standard InChI is InChI=1S/C22H25ClFNO7S/c1-4-19(26)25(17-10-18(15(23)9-16(17)24)33-11-20(27)31-3)21(28)13-7-5-6-8-14(13)22(29)32-12-30-2/h9-10H,4-8,11-12H2,1-3H3. The van der Waals surface area contributed by atoms with Crippen molar-refractivity contribution >= 4 is 52.8 Å². The average Bonchev–Trinajstić information content (AvgIpc) is 2.82. The van der Waals surface area contributed by atoms with Crippen molar-refractivity contribution in [1.82, 2.24) is 0 Å². The number of rotatable bonds is 9. The third-order valence-corrected chi connectivity index (χ3v) is 6.30. The van der Waals surface area contributed by atoms with E-state index in [1.165, 1.54) is 27.2 Å². The Morgan fingerprint density at radius 2 is 1.79 bits per heavy atom. The van der Waals surface area contributed by atoms with Crippen LogP contribution in [0.25, 0.3) is 0 Å². The molecule has 0 radical (unpaired) electrons. The van der Waals surface area contributed by atoms with Crippen LogP contribution < -0.4 is 4.90 Å². The number of hydrogen-bond acceptors (Lipinski definition) is 8. The maximum Gasteiger partial charge on any atom is 0.336 e. The van der Waals surface area contributed by atoms with E-state index in [4.69, 9.17) is 21.1 Å². The van der Waals surface area contributed by atoms with E-state index >= 15 is 0 Å². The molecule has 11 heteroatoms. The summed E-state index contributed by atoms with van der Waals surface area (Å²) in [4.78, 5) is 51.2. The molecular weight excluding hydrogens is 477 g/mol. The van der Waals surface area contributed by atoms with Gasteiger partial charge in [-0.15, -0.1) is 11.8 Å². The van der Waals surface area contributed by atoms with E-state index in [1.54, 1.807) is 0 Å². The zero-order chi connectivity index (χ0) is 24.5. The molecule has 33 heavy (non-hydrogen) atoms. The third-order valence-electron chi connectivity index (χ3n) is 4.85. The van der Waals surface area contributed by atoms with Gasteiger partial charge in [-0.25, -0.2) is 14.1 Å². The van der Waals surface area contributed by atoms with E-state index in [-0.39, 0.29) is 52.1 Å². The average molecular weight is 502 g/mol. The minimum Gasteiger partial charge on any atom is -0.468 e. The number of methoxy groups -OCH3 is 2. The summed E-state index contributed by atoms with van der Waals surface area (Å²) >= 11 is 7.08. The van der Waals surface area contributed by atoms with E-state index in [0.717, 1.165) is 22.7 Å². The van der Waals surface area contributed by atoms with Crippen molar-refractivity contribution in [3.8, 4) is 0 Å². The highest BCUT2D eigenvalue weighted by atomic mass is 35.5. The van der Waals surface area contributed by atoms with Crippen LogP contribution in [0.2, 0.25) is 5.02 Å². The Bertz CT molecular complexity index is 966. The van der Waals surface area contributed by atoms with Crippen molar-refractivity contribution in [3.63, 3.8) is 0 Å². The molecule has 1 aromatic carbocycles. The summed E-state index contributed by atoms with van der Waals surface area (Å²) in [7, 11) is 2.59. The Balaban J connectivity index is 2.52. The van der Waals surface area contributed by atoms with Gasteiger partial charge < -0.3 is 14.2 Å². The molecule has 0 saturated carbocycles. The predicted molar refractivity (Wildman–Crippen MR) is 120 cm³/mol. The molecule has 0 saturated heterocycles. The number of ether oxygens (including phenoxy) is 3. The van der Waals surface area contributed by atoms with E-state index in [1.807, 2.05) is 0 Å². The second-order valence-corrected chi connectivity index (χ2v) is 8.41. The van der Waals surface area contributed by atoms with Gasteiger partial charge in [-0.1, -0.05) is 18.5 Å². The summed E-state index contributed by atoms with van der Waals surface area (Å²) in [5.74, 6) is -3.68. The molecule has 1 aliphatic carbocycles. The summed E-state index contributed by atoms with van der Waals surface area (Å²) in [6.07, 6.45) is 1.73. The second-order valence-electron chi connectivity index (χ2n) is 6.99. The molecule has 0 unspecified atom stereocenters. The molecule has 2 rings (SSSR count). The van der Waals surface area contributed by atoms with Gasteiger partial charge in [0.05, 0.1) is 23.6 Å². The molecule has 0 spiro atoms. The normalized spacial score (nSPS) is 13.5. The molecule has 0 bridgehead atoms. The first kappa shape index (κ1) is 26.8. The van der Waals surface area contributed by atoms with Gasteiger partial charge in [-0.05, 0) is 37.8 Å². The quantitative estimate of drug-likeness (QED) is 0.284. The van der Waals surface area contributed by atoms with Crippen LogP contribution in [0.4, 0.5) is 10.1 Å². The van der Waals surface area contributed by atoms with Crippen LogP contribution in [0.3, 0.4) is 0 Å². The lowest BCUT2D eigenvalue weighted by atomic mass is 9.90. The molecular formula is C22H25ClFNO7S. The second kappa shape index (κ2) is 12.7. The molecule has 0 atom stereocenters. The van der Waals surface area contributed by atoms with Gasteiger partial charge in [0.1, 0.15) is 5.82 Å². The highest BCUT2D eigenvalue weighted by Crippen LogP contribution is 2.36. The smallest absolute Gasteiger partial charge is 0.336 e. The van der Waals surface area contributed by atoms with Crippen LogP contribution >= 0.6 is 23.4 Å². The number of amides is 2. The Morgan fingerprint density at radius 3 is 2.39 bits per heavy atom. The first-order valence-electron chi connectivity index (χ1n) is 10.2. The zero-order valence-electron chi connectivity index (χ0n) is 18.6. The molecule has 2 amide bonds.